The van der Waals surface area contributed by atoms with Gasteiger partial charge >= 0.3 is 0 Å². The van der Waals surface area contributed by atoms with Crippen molar-refractivity contribution in [3.05, 3.63) is 90.0 Å². The van der Waals surface area contributed by atoms with Crippen molar-refractivity contribution in [2.45, 2.75) is 31.8 Å². The highest BCUT2D eigenvalue weighted by Gasteiger charge is 2.40. The zero-order valence-corrected chi connectivity index (χ0v) is 17.0. The lowest BCUT2D eigenvalue weighted by molar-refractivity contribution is -0.126. The largest absolute Gasteiger partial charge is 0.380 e. The van der Waals surface area contributed by atoms with Crippen molar-refractivity contribution in [3.8, 4) is 11.3 Å². The van der Waals surface area contributed by atoms with E-state index in [-0.39, 0.29) is 18.7 Å². The van der Waals surface area contributed by atoms with Crippen molar-refractivity contribution < 1.29 is 27.5 Å². The van der Waals surface area contributed by atoms with E-state index >= 15 is 0 Å². The summed E-state index contributed by atoms with van der Waals surface area (Å²) in [6.45, 7) is 1.25. The second kappa shape index (κ2) is 8.93. The van der Waals surface area contributed by atoms with Crippen molar-refractivity contribution in [1.29, 1.82) is 0 Å². The fourth-order valence-electron chi connectivity index (χ4n) is 3.34. The average molecular weight is 444 g/mol. The summed E-state index contributed by atoms with van der Waals surface area (Å²) < 4.78 is 53.8. The van der Waals surface area contributed by atoms with Gasteiger partial charge in [0, 0.05) is 23.3 Å². The Bertz CT molecular complexity index is 1200. The molecule has 4 aromatic rings. The molecule has 0 saturated heterocycles. The first kappa shape index (κ1) is 21.7. The van der Waals surface area contributed by atoms with Crippen LogP contribution in [0.15, 0.2) is 65.7 Å². The second-order valence-electron chi connectivity index (χ2n) is 7.28. The second-order valence-corrected chi connectivity index (χ2v) is 7.28. The number of hydrogen-bond donors (Lipinski definition) is 1. The Morgan fingerprint density at radius 2 is 1.94 bits per heavy atom. The van der Waals surface area contributed by atoms with Gasteiger partial charge < -0.3 is 14.4 Å². The van der Waals surface area contributed by atoms with Crippen LogP contribution in [0.3, 0.4) is 0 Å². The number of aliphatic hydroxyl groups is 1. The number of halogens is 3. The highest BCUT2D eigenvalue weighted by Crippen LogP contribution is 2.32. The summed E-state index contributed by atoms with van der Waals surface area (Å²) in [6, 6.07) is 10.4. The van der Waals surface area contributed by atoms with Crippen LogP contribution in [-0.4, -0.2) is 31.1 Å². The molecule has 0 radical (unpaired) electrons. The molecule has 7 nitrogen and oxygen atoms in total. The normalized spacial score (nSPS) is 14.3. The molecule has 2 aromatic carbocycles. The van der Waals surface area contributed by atoms with Gasteiger partial charge in [-0.1, -0.05) is 23.4 Å². The third-order valence-electron chi connectivity index (χ3n) is 5.09. The number of benzene rings is 2. The number of ether oxygens (including phenoxy) is 1. The van der Waals surface area contributed by atoms with Gasteiger partial charge in [0.05, 0.1) is 12.6 Å². The van der Waals surface area contributed by atoms with Crippen LogP contribution in [0, 0.1) is 17.5 Å². The highest BCUT2D eigenvalue weighted by atomic mass is 19.1. The zero-order chi connectivity index (χ0) is 22.7. The maximum atomic E-state index is 14.6. The van der Waals surface area contributed by atoms with Crippen molar-refractivity contribution in [2.24, 2.45) is 0 Å². The molecule has 0 aliphatic heterocycles. The van der Waals surface area contributed by atoms with Crippen molar-refractivity contribution in [3.63, 3.8) is 0 Å². The molecule has 2 atom stereocenters. The zero-order valence-electron chi connectivity index (χ0n) is 17.0. The third-order valence-corrected chi connectivity index (χ3v) is 5.09. The molecule has 2 aromatic heterocycles. The molecule has 10 heteroatoms. The van der Waals surface area contributed by atoms with Gasteiger partial charge in [0.25, 0.3) is 0 Å². The molecule has 0 aliphatic rings. The molecule has 0 amide bonds. The minimum atomic E-state index is -1.91. The van der Waals surface area contributed by atoms with Crippen LogP contribution >= 0.6 is 0 Å². The van der Waals surface area contributed by atoms with Gasteiger partial charge in [-0.3, -0.25) is 0 Å². The number of aromatic nitrogens is 4. The molecule has 1 N–H and O–H groups in total. The van der Waals surface area contributed by atoms with Crippen LogP contribution in [0.25, 0.3) is 11.3 Å². The number of rotatable bonds is 8. The van der Waals surface area contributed by atoms with Crippen LogP contribution in [0.1, 0.15) is 18.2 Å². The molecular weight excluding hydrogens is 425 g/mol. The first-order chi connectivity index (χ1) is 15.3. The molecule has 0 spiro atoms. The molecule has 0 saturated carbocycles. The van der Waals surface area contributed by atoms with Crippen LogP contribution in [0.4, 0.5) is 13.2 Å². The molecule has 32 heavy (non-hydrogen) atoms. The smallest absolute Gasteiger partial charge is 0.163 e. The molecule has 166 valence electrons. The molecular formula is C22H19F3N4O3. The quantitative estimate of drug-likeness (QED) is 0.444. The highest BCUT2D eigenvalue weighted by molar-refractivity contribution is 5.58. The molecule has 0 aliphatic carbocycles. The maximum absolute atomic E-state index is 14.6. The molecule has 0 bridgehead atoms. The van der Waals surface area contributed by atoms with Gasteiger partial charge in [-0.05, 0) is 25.1 Å². The Morgan fingerprint density at radius 3 is 2.66 bits per heavy atom. The van der Waals surface area contributed by atoms with Crippen LogP contribution in [-0.2, 0) is 23.5 Å². The van der Waals surface area contributed by atoms with E-state index in [0.717, 1.165) is 12.1 Å². The van der Waals surface area contributed by atoms with Crippen molar-refractivity contribution in [2.75, 3.05) is 0 Å². The topological polar surface area (TPSA) is 86.2 Å². The van der Waals surface area contributed by atoms with E-state index in [9.17, 15) is 18.3 Å². The first-order valence-electron chi connectivity index (χ1n) is 9.68. The number of hydrogen-bond acceptors (Lipinski definition) is 6. The predicted molar refractivity (Wildman–Crippen MR) is 106 cm³/mol. The fourth-order valence-corrected chi connectivity index (χ4v) is 3.34. The SMILES string of the molecule is CC(OCc1cc(-c2cccc(F)c2)no1)C(O)(Cn1cncn1)c1ccc(F)cc1F. The van der Waals surface area contributed by atoms with Crippen LogP contribution in [0.5, 0.6) is 0 Å². The van der Waals surface area contributed by atoms with E-state index in [0.29, 0.717) is 23.1 Å². The molecule has 4 rings (SSSR count). The lowest BCUT2D eigenvalue weighted by Crippen LogP contribution is -2.44. The van der Waals surface area contributed by atoms with E-state index in [1.54, 1.807) is 25.1 Å². The fraction of sp³-hybridized carbons (Fsp3) is 0.227. The summed E-state index contributed by atoms with van der Waals surface area (Å²) in [5.74, 6) is -1.78. The van der Waals surface area contributed by atoms with Crippen molar-refractivity contribution >= 4 is 0 Å². The monoisotopic (exact) mass is 444 g/mol. The molecule has 0 fully saturated rings. The Balaban J connectivity index is 1.55. The summed E-state index contributed by atoms with van der Waals surface area (Å²) in [7, 11) is 0. The van der Waals surface area contributed by atoms with Gasteiger partial charge in [-0.15, -0.1) is 0 Å². The van der Waals surface area contributed by atoms with E-state index in [2.05, 4.69) is 15.2 Å². The Hall–Kier alpha value is -3.50. The van der Waals surface area contributed by atoms with E-state index in [1.165, 1.54) is 29.5 Å². The third kappa shape index (κ3) is 4.56. The lowest BCUT2D eigenvalue weighted by Gasteiger charge is -2.34. The van der Waals surface area contributed by atoms with Crippen LogP contribution in [0.2, 0.25) is 0 Å². The van der Waals surface area contributed by atoms with Crippen molar-refractivity contribution in [1.82, 2.24) is 19.9 Å². The minimum Gasteiger partial charge on any atom is -0.380 e. The molecule has 2 heterocycles. The van der Waals surface area contributed by atoms with Gasteiger partial charge in [0.1, 0.15) is 48.0 Å². The summed E-state index contributed by atoms with van der Waals surface area (Å²) in [5.41, 5.74) is -1.11. The van der Waals surface area contributed by atoms with Gasteiger partial charge in [-0.2, -0.15) is 5.10 Å². The predicted octanol–water partition coefficient (Wildman–Crippen LogP) is 3.84. The maximum Gasteiger partial charge on any atom is 0.163 e. The number of nitrogens with zero attached hydrogens (tertiary/aromatic N) is 4. The van der Waals surface area contributed by atoms with Gasteiger partial charge in [0.15, 0.2) is 5.76 Å². The Kier molecular flexibility index (Phi) is 6.06. The summed E-state index contributed by atoms with van der Waals surface area (Å²) in [6.07, 6.45) is 1.66. The Morgan fingerprint density at radius 1 is 1.12 bits per heavy atom. The standard InChI is InChI=1S/C22H19F3N4O3/c1-14(31-10-18-9-21(28-32-18)15-3-2-4-16(23)7-15)22(30,11-29-13-26-12-27-29)19-6-5-17(24)8-20(19)25/h2-9,12-14,30H,10-11H2,1H3. The summed E-state index contributed by atoms with van der Waals surface area (Å²) in [5, 5.41) is 19.3. The lowest BCUT2D eigenvalue weighted by atomic mass is 9.88. The van der Waals surface area contributed by atoms with Gasteiger partial charge in [-0.25, -0.2) is 22.8 Å². The van der Waals surface area contributed by atoms with E-state index in [1.807, 2.05) is 0 Å². The Labute approximate surface area is 181 Å². The first-order valence-corrected chi connectivity index (χ1v) is 9.68. The minimum absolute atomic E-state index is 0.105. The van der Waals surface area contributed by atoms with E-state index in [4.69, 9.17) is 9.26 Å². The van der Waals surface area contributed by atoms with E-state index < -0.39 is 29.2 Å². The average Bonchev–Trinajstić information content (AvgIpc) is 3.44. The van der Waals surface area contributed by atoms with Crippen LogP contribution < -0.4 is 0 Å². The molecule has 2 unspecified atom stereocenters. The van der Waals surface area contributed by atoms with Gasteiger partial charge in [0.2, 0.25) is 0 Å². The summed E-state index contributed by atoms with van der Waals surface area (Å²) >= 11 is 0. The summed E-state index contributed by atoms with van der Waals surface area (Å²) in [4.78, 5) is 3.82.